The molecule has 0 fully saturated rings. The van der Waals surface area contributed by atoms with E-state index in [1.165, 1.54) is 18.9 Å². The van der Waals surface area contributed by atoms with Crippen LogP contribution in [0.15, 0.2) is 48.5 Å². The Balaban J connectivity index is 1.68. The molecule has 1 N–H and O–H groups in total. The zero-order valence-corrected chi connectivity index (χ0v) is 15.6. The molecule has 8 nitrogen and oxygen atoms in total. The fourth-order valence-corrected chi connectivity index (χ4v) is 2.82. The van der Waals surface area contributed by atoms with Crippen LogP contribution in [0.2, 0.25) is 0 Å². The Morgan fingerprint density at radius 2 is 1.75 bits per heavy atom. The van der Waals surface area contributed by atoms with Gasteiger partial charge in [-0.2, -0.15) is 9.78 Å². The number of H-pyrrole nitrogens is 1. The number of aromatic nitrogens is 4. The molecule has 0 unspecified atom stereocenters. The molecule has 0 atom stereocenters. The van der Waals surface area contributed by atoms with Gasteiger partial charge in [0.2, 0.25) is 11.8 Å². The van der Waals surface area contributed by atoms with Crippen LogP contribution in [0.5, 0.6) is 17.4 Å². The van der Waals surface area contributed by atoms with Crippen LogP contribution in [0.25, 0.3) is 17.0 Å². The molecule has 0 spiro atoms. The number of carbonyl (C=O) groups excluding carboxylic acids is 1. The quantitative estimate of drug-likeness (QED) is 0.536. The number of fused-ring (bicyclic) bond motifs is 1. The minimum absolute atomic E-state index is 0.253. The molecule has 0 saturated heterocycles. The number of imidazole rings is 1. The van der Waals surface area contributed by atoms with Crippen molar-refractivity contribution in [2.45, 2.75) is 6.92 Å². The van der Waals surface area contributed by atoms with Crippen LogP contribution >= 0.6 is 0 Å². The molecule has 28 heavy (non-hydrogen) atoms. The van der Waals surface area contributed by atoms with E-state index in [1.807, 2.05) is 31.2 Å². The summed E-state index contributed by atoms with van der Waals surface area (Å²) >= 11 is 0. The van der Waals surface area contributed by atoms with Crippen LogP contribution in [0.4, 0.5) is 0 Å². The van der Waals surface area contributed by atoms with Crippen LogP contribution in [0.3, 0.4) is 0 Å². The maximum Gasteiger partial charge on any atom is 0.345 e. The lowest BCUT2D eigenvalue weighted by molar-refractivity contribution is 0.0722. The van der Waals surface area contributed by atoms with E-state index in [9.17, 15) is 4.79 Å². The van der Waals surface area contributed by atoms with E-state index in [2.05, 4.69) is 15.1 Å². The average molecular weight is 378 g/mol. The predicted molar refractivity (Wildman–Crippen MR) is 102 cm³/mol. The molecule has 0 aliphatic carbocycles. The highest BCUT2D eigenvalue weighted by Gasteiger charge is 2.18. The summed E-state index contributed by atoms with van der Waals surface area (Å²) in [4.78, 5) is 20.4. The SMILES string of the molecule is COc1cc(OC)cc(C(=O)Oc2cc(C)nn2-c2nc3ccccc3[nH]2)c1. The third kappa shape index (κ3) is 3.27. The summed E-state index contributed by atoms with van der Waals surface area (Å²) in [6.07, 6.45) is 0. The van der Waals surface area contributed by atoms with Crippen molar-refractivity contribution in [2.24, 2.45) is 0 Å². The second-order valence-corrected chi connectivity index (χ2v) is 6.10. The fourth-order valence-electron chi connectivity index (χ4n) is 2.82. The molecule has 2 heterocycles. The van der Waals surface area contributed by atoms with Crippen molar-refractivity contribution in [1.82, 2.24) is 19.7 Å². The Morgan fingerprint density at radius 3 is 2.43 bits per heavy atom. The standard InChI is InChI=1S/C20H18N4O4/c1-12-8-18(24(23-12)20-21-16-6-4-5-7-17(16)22-20)28-19(25)13-9-14(26-2)11-15(10-13)27-3/h4-11H,1-3H3,(H,21,22). The number of esters is 1. The number of nitrogens with zero attached hydrogens (tertiary/aromatic N) is 3. The number of aryl methyl sites for hydroxylation is 1. The van der Waals surface area contributed by atoms with Crippen molar-refractivity contribution in [2.75, 3.05) is 14.2 Å². The number of aromatic amines is 1. The number of benzene rings is 2. The summed E-state index contributed by atoms with van der Waals surface area (Å²) < 4.78 is 17.5. The first-order valence-corrected chi connectivity index (χ1v) is 8.54. The summed E-state index contributed by atoms with van der Waals surface area (Å²) in [6, 6.07) is 14.1. The predicted octanol–water partition coefficient (Wildman–Crippen LogP) is 3.29. The van der Waals surface area contributed by atoms with Crippen LogP contribution in [0.1, 0.15) is 16.1 Å². The highest BCUT2D eigenvalue weighted by Crippen LogP contribution is 2.25. The smallest absolute Gasteiger partial charge is 0.345 e. The number of carbonyl (C=O) groups is 1. The number of nitrogens with one attached hydrogen (secondary N) is 1. The van der Waals surface area contributed by atoms with E-state index in [0.717, 1.165) is 11.0 Å². The zero-order chi connectivity index (χ0) is 19.7. The highest BCUT2D eigenvalue weighted by molar-refractivity contribution is 5.92. The second-order valence-electron chi connectivity index (χ2n) is 6.10. The van der Waals surface area contributed by atoms with Crippen molar-refractivity contribution >= 4 is 17.0 Å². The molecule has 8 heteroatoms. The van der Waals surface area contributed by atoms with Gasteiger partial charge in [0.05, 0.1) is 36.5 Å². The van der Waals surface area contributed by atoms with Gasteiger partial charge in [0.1, 0.15) is 11.5 Å². The highest BCUT2D eigenvalue weighted by atomic mass is 16.5. The third-order valence-electron chi connectivity index (χ3n) is 4.16. The zero-order valence-electron chi connectivity index (χ0n) is 15.6. The molecule has 142 valence electrons. The Hall–Kier alpha value is -3.81. The minimum Gasteiger partial charge on any atom is -0.497 e. The lowest BCUT2D eigenvalue weighted by Gasteiger charge is -2.09. The number of ether oxygens (including phenoxy) is 3. The normalized spacial score (nSPS) is 10.8. The maximum absolute atomic E-state index is 12.7. The number of rotatable bonds is 5. The summed E-state index contributed by atoms with van der Waals surface area (Å²) in [6.45, 7) is 1.81. The molecule has 0 amide bonds. The number of hydrogen-bond acceptors (Lipinski definition) is 6. The van der Waals surface area contributed by atoms with Crippen LogP contribution in [-0.2, 0) is 0 Å². The van der Waals surface area contributed by atoms with E-state index in [4.69, 9.17) is 14.2 Å². The molecule has 0 bridgehead atoms. The summed E-state index contributed by atoms with van der Waals surface area (Å²) in [5, 5.41) is 4.39. The number of methoxy groups -OCH3 is 2. The maximum atomic E-state index is 12.7. The van der Waals surface area contributed by atoms with E-state index >= 15 is 0 Å². The molecule has 0 aliphatic rings. The molecule has 4 rings (SSSR count). The van der Waals surface area contributed by atoms with Crippen molar-refractivity contribution in [3.63, 3.8) is 0 Å². The molecular weight excluding hydrogens is 360 g/mol. The lowest BCUT2D eigenvalue weighted by Crippen LogP contribution is -2.12. The van der Waals surface area contributed by atoms with Crippen molar-refractivity contribution in [3.05, 3.63) is 59.8 Å². The molecule has 4 aromatic rings. The van der Waals surface area contributed by atoms with Gasteiger partial charge in [-0.25, -0.2) is 9.78 Å². The first-order valence-electron chi connectivity index (χ1n) is 8.54. The van der Waals surface area contributed by atoms with Gasteiger partial charge >= 0.3 is 5.97 Å². The molecule has 0 aliphatic heterocycles. The Kier molecular flexibility index (Phi) is 4.44. The Labute approximate surface area is 160 Å². The number of para-hydroxylation sites is 2. The second kappa shape index (κ2) is 7.07. The van der Waals surface area contributed by atoms with Gasteiger partial charge in [-0.15, -0.1) is 0 Å². The molecule has 0 saturated carbocycles. The molecule has 0 radical (unpaired) electrons. The first kappa shape index (κ1) is 17.6. The average Bonchev–Trinajstić information content (AvgIpc) is 3.30. The minimum atomic E-state index is -0.561. The molecule has 2 aromatic carbocycles. The van der Waals surface area contributed by atoms with Gasteiger partial charge in [0.15, 0.2) is 0 Å². The van der Waals surface area contributed by atoms with Gasteiger partial charge in [-0.1, -0.05) is 12.1 Å². The van der Waals surface area contributed by atoms with Gasteiger partial charge in [0.25, 0.3) is 0 Å². The van der Waals surface area contributed by atoms with Gasteiger partial charge in [0, 0.05) is 12.1 Å². The van der Waals surface area contributed by atoms with Crippen molar-refractivity contribution in [3.8, 4) is 23.3 Å². The van der Waals surface area contributed by atoms with E-state index < -0.39 is 5.97 Å². The van der Waals surface area contributed by atoms with Gasteiger partial charge < -0.3 is 19.2 Å². The van der Waals surface area contributed by atoms with Gasteiger partial charge in [-0.3, -0.25) is 0 Å². The van der Waals surface area contributed by atoms with Gasteiger partial charge in [-0.05, 0) is 31.2 Å². The van der Waals surface area contributed by atoms with E-state index in [1.54, 1.807) is 24.3 Å². The summed E-state index contributed by atoms with van der Waals surface area (Å²) in [7, 11) is 3.04. The largest absolute Gasteiger partial charge is 0.497 e. The first-order chi connectivity index (χ1) is 13.6. The van der Waals surface area contributed by atoms with E-state index in [0.29, 0.717) is 28.7 Å². The summed E-state index contributed by atoms with van der Waals surface area (Å²) in [5.74, 6) is 1.14. The van der Waals surface area contributed by atoms with Crippen LogP contribution < -0.4 is 14.2 Å². The van der Waals surface area contributed by atoms with Crippen LogP contribution in [-0.4, -0.2) is 39.9 Å². The third-order valence-corrected chi connectivity index (χ3v) is 4.16. The lowest BCUT2D eigenvalue weighted by atomic mass is 10.2. The van der Waals surface area contributed by atoms with Crippen molar-refractivity contribution < 1.29 is 19.0 Å². The Morgan fingerprint density at radius 1 is 1.04 bits per heavy atom. The Bertz CT molecular complexity index is 1110. The van der Waals surface area contributed by atoms with Crippen LogP contribution in [0, 0.1) is 6.92 Å². The molecule has 2 aromatic heterocycles. The van der Waals surface area contributed by atoms with Crippen molar-refractivity contribution in [1.29, 1.82) is 0 Å². The monoisotopic (exact) mass is 378 g/mol. The molecular formula is C20H18N4O4. The topological polar surface area (TPSA) is 91.3 Å². The number of hydrogen-bond donors (Lipinski definition) is 1. The fraction of sp³-hybridized carbons (Fsp3) is 0.150. The summed E-state index contributed by atoms with van der Waals surface area (Å²) in [5.41, 5.74) is 2.64. The van der Waals surface area contributed by atoms with E-state index in [-0.39, 0.29) is 5.88 Å².